The lowest BCUT2D eigenvalue weighted by Gasteiger charge is -2.36. The number of amides is 1. The first-order chi connectivity index (χ1) is 13.7. The number of nitrogens with zero attached hydrogens (tertiary/aromatic N) is 1. The maximum Gasteiger partial charge on any atom is 0.221 e. The molecule has 2 aliphatic rings. The van der Waals surface area contributed by atoms with Gasteiger partial charge in [0.1, 0.15) is 10.8 Å². The van der Waals surface area contributed by atoms with Crippen molar-refractivity contribution in [1.29, 1.82) is 0 Å². The molecule has 1 fully saturated rings. The van der Waals surface area contributed by atoms with Gasteiger partial charge in [-0.2, -0.15) is 0 Å². The zero-order valence-corrected chi connectivity index (χ0v) is 17.4. The fourth-order valence-corrected chi connectivity index (χ4v) is 5.76. The second-order valence-electron chi connectivity index (χ2n) is 7.43. The van der Waals surface area contributed by atoms with Crippen LogP contribution in [0.2, 0.25) is 0 Å². The Kier molecular flexibility index (Phi) is 5.99. The number of fused-ring (bicyclic) bond motifs is 1. The fourth-order valence-electron chi connectivity index (χ4n) is 4.40. The number of ether oxygens (including phenoxy) is 2. The van der Waals surface area contributed by atoms with Crippen molar-refractivity contribution in [3.8, 4) is 5.75 Å². The van der Waals surface area contributed by atoms with E-state index >= 15 is 0 Å². The Morgan fingerprint density at radius 2 is 1.96 bits per heavy atom. The van der Waals surface area contributed by atoms with Gasteiger partial charge in [0.2, 0.25) is 5.91 Å². The van der Waals surface area contributed by atoms with Gasteiger partial charge >= 0.3 is 0 Å². The van der Waals surface area contributed by atoms with Crippen LogP contribution in [-0.4, -0.2) is 44.2 Å². The van der Waals surface area contributed by atoms with Crippen LogP contribution >= 0.6 is 11.3 Å². The van der Waals surface area contributed by atoms with Crippen molar-refractivity contribution in [2.75, 3.05) is 38.7 Å². The van der Waals surface area contributed by atoms with Crippen LogP contribution in [-0.2, 0) is 22.4 Å². The van der Waals surface area contributed by atoms with Crippen molar-refractivity contribution < 1.29 is 14.3 Å². The summed E-state index contributed by atoms with van der Waals surface area (Å²) in [4.78, 5) is 15.9. The lowest BCUT2D eigenvalue weighted by molar-refractivity contribution is -0.114. The summed E-state index contributed by atoms with van der Waals surface area (Å²) in [6.07, 6.45) is 4.62. The number of thiophene rings is 1. The Bertz CT molecular complexity index is 842. The Labute approximate surface area is 170 Å². The third-order valence-corrected chi connectivity index (χ3v) is 6.84. The number of carbonyl (C=O) groups is 1. The molecule has 1 amide bonds. The van der Waals surface area contributed by atoms with E-state index in [-0.39, 0.29) is 11.9 Å². The first-order valence-corrected chi connectivity index (χ1v) is 10.9. The molecule has 1 atom stereocenters. The van der Waals surface area contributed by atoms with Gasteiger partial charge in [0.25, 0.3) is 0 Å². The van der Waals surface area contributed by atoms with Crippen LogP contribution in [0.5, 0.6) is 5.75 Å². The molecule has 0 spiro atoms. The summed E-state index contributed by atoms with van der Waals surface area (Å²) in [7, 11) is 1.73. The largest absolute Gasteiger partial charge is 0.496 e. The van der Waals surface area contributed by atoms with E-state index in [1.165, 1.54) is 28.8 Å². The number of nitrogens with one attached hydrogen (secondary N) is 1. The predicted octanol–water partition coefficient (Wildman–Crippen LogP) is 4.02. The number of aryl methyl sites for hydroxylation is 1. The van der Waals surface area contributed by atoms with Gasteiger partial charge in [-0.3, -0.25) is 9.69 Å². The zero-order valence-electron chi connectivity index (χ0n) is 16.6. The third-order valence-electron chi connectivity index (χ3n) is 5.62. The summed E-state index contributed by atoms with van der Waals surface area (Å²) in [5.74, 6) is 0.879. The standard InChI is InChI=1S/C22H28N2O3S/c1-15(25)23-22-20(17-8-4-6-10-19(17)28-22)21(24-11-13-27-14-12-24)16-7-3-5-9-18(16)26-2/h3,5,7,9,21H,4,6,8,10-14H2,1-2H3,(H,23,25)/t21-/m0/s1. The van der Waals surface area contributed by atoms with Crippen molar-refractivity contribution in [2.24, 2.45) is 0 Å². The summed E-state index contributed by atoms with van der Waals surface area (Å²) in [6, 6.07) is 8.32. The first-order valence-electron chi connectivity index (χ1n) is 10.1. The molecule has 6 heteroatoms. The van der Waals surface area contributed by atoms with Crippen LogP contribution in [0, 0.1) is 0 Å². The van der Waals surface area contributed by atoms with E-state index in [0.717, 1.165) is 55.5 Å². The number of benzene rings is 1. The minimum atomic E-state index is -0.0133. The number of methoxy groups -OCH3 is 1. The van der Waals surface area contributed by atoms with Gasteiger partial charge in [-0.15, -0.1) is 11.3 Å². The van der Waals surface area contributed by atoms with Gasteiger partial charge in [-0.1, -0.05) is 18.2 Å². The SMILES string of the molecule is COc1ccccc1[C@@H](c1c(NC(C)=O)sc2c1CCCC2)N1CCOCC1. The Morgan fingerprint density at radius 1 is 1.21 bits per heavy atom. The number of hydrogen-bond acceptors (Lipinski definition) is 5. The maximum absolute atomic E-state index is 12.0. The summed E-state index contributed by atoms with van der Waals surface area (Å²) in [5, 5.41) is 4.14. The summed E-state index contributed by atoms with van der Waals surface area (Å²) in [5.41, 5.74) is 3.85. The van der Waals surface area contributed by atoms with Crippen LogP contribution < -0.4 is 10.1 Å². The highest BCUT2D eigenvalue weighted by Gasteiger charge is 2.34. The second-order valence-corrected chi connectivity index (χ2v) is 8.53. The molecule has 4 rings (SSSR count). The molecular formula is C22H28N2O3S. The molecule has 150 valence electrons. The number of hydrogen-bond donors (Lipinski definition) is 1. The molecule has 5 nitrogen and oxygen atoms in total. The topological polar surface area (TPSA) is 50.8 Å². The average molecular weight is 401 g/mol. The molecule has 1 aliphatic heterocycles. The average Bonchev–Trinajstić information content (AvgIpc) is 3.07. The van der Waals surface area contributed by atoms with Crippen molar-refractivity contribution in [3.05, 3.63) is 45.8 Å². The van der Waals surface area contributed by atoms with Gasteiger partial charge in [-0.25, -0.2) is 0 Å². The lowest BCUT2D eigenvalue weighted by atomic mass is 9.88. The Hall–Kier alpha value is -1.89. The van der Waals surface area contributed by atoms with E-state index < -0.39 is 0 Å². The van der Waals surface area contributed by atoms with Gasteiger partial charge < -0.3 is 14.8 Å². The Balaban J connectivity index is 1.89. The van der Waals surface area contributed by atoms with E-state index in [1.807, 2.05) is 12.1 Å². The molecule has 0 unspecified atom stereocenters. The molecule has 28 heavy (non-hydrogen) atoms. The van der Waals surface area contributed by atoms with Crippen LogP contribution in [0.25, 0.3) is 0 Å². The van der Waals surface area contributed by atoms with Crippen molar-refractivity contribution in [2.45, 2.75) is 38.6 Å². The fraction of sp³-hybridized carbons (Fsp3) is 0.500. The lowest BCUT2D eigenvalue weighted by Crippen LogP contribution is -2.40. The molecule has 1 N–H and O–H groups in total. The highest BCUT2D eigenvalue weighted by atomic mass is 32.1. The molecule has 2 heterocycles. The molecule has 1 aromatic heterocycles. The number of para-hydroxylation sites is 1. The number of morpholine rings is 1. The molecular weight excluding hydrogens is 372 g/mol. The maximum atomic E-state index is 12.0. The number of anilines is 1. The highest BCUT2D eigenvalue weighted by molar-refractivity contribution is 7.16. The zero-order chi connectivity index (χ0) is 19.5. The van der Waals surface area contributed by atoms with Crippen LogP contribution in [0.15, 0.2) is 24.3 Å². The second kappa shape index (κ2) is 8.64. The van der Waals surface area contributed by atoms with Gasteiger partial charge in [0.15, 0.2) is 0 Å². The quantitative estimate of drug-likeness (QED) is 0.824. The molecule has 0 radical (unpaired) electrons. The monoisotopic (exact) mass is 400 g/mol. The molecule has 0 bridgehead atoms. The normalized spacial score (nSPS) is 18.4. The highest BCUT2D eigenvalue weighted by Crippen LogP contribution is 2.47. The Morgan fingerprint density at radius 3 is 2.71 bits per heavy atom. The molecule has 0 saturated carbocycles. The smallest absolute Gasteiger partial charge is 0.221 e. The minimum absolute atomic E-state index is 0.0133. The van der Waals surface area contributed by atoms with Gasteiger partial charge in [0.05, 0.1) is 26.4 Å². The minimum Gasteiger partial charge on any atom is -0.496 e. The molecule has 1 aromatic carbocycles. The van der Waals surface area contributed by atoms with Crippen LogP contribution in [0.3, 0.4) is 0 Å². The summed E-state index contributed by atoms with van der Waals surface area (Å²) >= 11 is 1.76. The summed E-state index contributed by atoms with van der Waals surface area (Å²) in [6.45, 7) is 4.79. The molecule has 1 saturated heterocycles. The third kappa shape index (κ3) is 3.81. The van der Waals surface area contributed by atoms with Crippen molar-refractivity contribution in [1.82, 2.24) is 4.90 Å². The van der Waals surface area contributed by atoms with E-state index in [2.05, 4.69) is 22.3 Å². The van der Waals surface area contributed by atoms with E-state index in [0.29, 0.717) is 0 Å². The van der Waals surface area contributed by atoms with E-state index in [9.17, 15) is 4.79 Å². The van der Waals surface area contributed by atoms with E-state index in [4.69, 9.17) is 9.47 Å². The van der Waals surface area contributed by atoms with Crippen LogP contribution in [0.4, 0.5) is 5.00 Å². The van der Waals surface area contributed by atoms with Crippen LogP contribution in [0.1, 0.15) is 47.4 Å². The van der Waals surface area contributed by atoms with Crippen molar-refractivity contribution >= 4 is 22.2 Å². The number of rotatable bonds is 5. The van der Waals surface area contributed by atoms with Crippen molar-refractivity contribution in [3.63, 3.8) is 0 Å². The van der Waals surface area contributed by atoms with Gasteiger partial charge in [0, 0.05) is 36.0 Å². The van der Waals surface area contributed by atoms with E-state index in [1.54, 1.807) is 25.4 Å². The predicted molar refractivity (Wildman–Crippen MR) is 112 cm³/mol. The molecule has 2 aromatic rings. The number of carbonyl (C=O) groups excluding carboxylic acids is 1. The van der Waals surface area contributed by atoms with Gasteiger partial charge in [-0.05, 0) is 37.3 Å². The molecule has 1 aliphatic carbocycles. The first kappa shape index (κ1) is 19.4. The summed E-state index contributed by atoms with van der Waals surface area (Å²) < 4.78 is 11.4.